The van der Waals surface area contributed by atoms with Gasteiger partial charge in [-0.1, -0.05) is 50.1 Å². The van der Waals surface area contributed by atoms with Gasteiger partial charge in [0, 0.05) is 17.3 Å². The lowest BCUT2D eigenvalue weighted by Crippen LogP contribution is -2.28. The van der Waals surface area contributed by atoms with Crippen molar-refractivity contribution in [2.24, 2.45) is 5.92 Å². The van der Waals surface area contributed by atoms with Crippen LogP contribution in [0, 0.1) is 5.92 Å². The van der Waals surface area contributed by atoms with Crippen molar-refractivity contribution in [3.8, 4) is 0 Å². The SMILES string of the molecule is CCc1ccccc1N1C(=O)CS[C@H]1c1ccc(NC(=O)C2CCCC2)cc1. The van der Waals surface area contributed by atoms with Crippen molar-refractivity contribution in [2.45, 2.75) is 44.4 Å². The third-order valence-corrected chi connectivity index (χ3v) is 6.90. The van der Waals surface area contributed by atoms with Gasteiger partial charge in [-0.15, -0.1) is 11.8 Å². The Morgan fingerprint density at radius 3 is 2.54 bits per heavy atom. The normalized spacial score (nSPS) is 20.0. The molecule has 1 aliphatic heterocycles. The van der Waals surface area contributed by atoms with Gasteiger partial charge in [0.2, 0.25) is 11.8 Å². The smallest absolute Gasteiger partial charge is 0.238 e. The second-order valence-electron chi connectivity index (χ2n) is 7.50. The van der Waals surface area contributed by atoms with Crippen LogP contribution in [-0.4, -0.2) is 17.6 Å². The van der Waals surface area contributed by atoms with Crippen LogP contribution in [0.15, 0.2) is 48.5 Å². The minimum atomic E-state index is -0.0280. The molecule has 1 saturated carbocycles. The molecule has 1 aliphatic carbocycles. The van der Waals surface area contributed by atoms with E-state index < -0.39 is 0 Å². The maximum atomic E-state index is 12.6. The number of amides is 2. The van der Waals surface area contributed by atoms with E-state index in [1.807, 2.05) is 47.4 Å². The zero-order valence-electron chi connectivity index (χ0n) is 16.2. The maximum absolute atomic E-state index is 12.6. The fourth-order valence-electron chi connectivity index (χ4n) is 4.14. The Bertz CT molecular complexity index is 859. The van der Waals surface area contributed by atoms with E-state index in [0.717, 1.165) is 49.0 Å². The van der Waals surface area contributed by atoms with Crippen molar-refractivity contribution in [3.63, 3.8) is 0 Å². The number of hydrogen-bond donors (Lipinski definition) is 1. The van der Waals surface area contributed by atoms with Crippen LogP contribution in [0.25, 0.3) is 0 Å². The zero-order chi connectivity index (χ0) is 19.5. The number of carbonyl (C=O) groups excluding carboxylic acids is 2. The van der Waals surface area contributed by atoms with Crippen LogP contribution in [0.3, 0.4) is 0 Å². The number of aryl methyl sites for hydroxylation is 1. The van der Waals surface area contributed by atoms with Gasteiger partial charge in [0.1, 0.15) is 5.37 Å². The van der Waals surface area contributed by atoms with Crippen LogP contribution in [0.2, 0.25) is 0 Å². The summed E-state index contributed by atoms with van der Waals surface area (Å²) in [6.45, 7) is 2.11. The lowest BCUT2D eigenvalue weighted by atomic mass is 10.1. The lowest BCUT2D eigenvalue weighted by molar-refractivity contribution is -0.119. The summed E-state index contributed by atoms with van der Waals surface area (Å²) in [6, 6.07) is 16.1. The molecule has 1 saturated heterocycles. The number of thioether (sulfide) groups is 1. The van der Waals surface area contributed by atoms with Crippen molar-refractivity contribution < 1.29 is 9.59 Å². The van der Waals surface area contributed by atoms with Crippen molar-refractivity contribution in [1.82, 2.24) is 0 Å². The molecule has 2 fully saturated rings. The molecule has 2 aliphatic rings. The highest BCUT2D eigenvalue weighted by atomic mass is 32.2. The molecule has 0 radical (unpaired) electrons. The third-order valence-electron chi connectivity index (χ3n) is 5.69. The summed E-state index contributed by atoms with van der Waals surface area (Å²) in [6.07, 6.45) is 5.19. The fraction of sp³-hybridized carbons (Fsp3) is 0.391. The average Bonchev–Trinajstić information content (AvgIpc) is 3.39. The molecule has 0 bridgehead atoms. The first kappa shape index (κ1) is 19.1. The molecule has 0 unspecified atom stereocenters. The van der Waals surface area contributed by atoms with E-state index in [1.165, 1.54) is 5.56 Å². The van der Waals surface area contributed by atoms with E-state index in [1.54, 1.807) is 11.8 Å². The standard InChI is InChI=1S/C23H26N2O2S/c1-2-16-7-5-6-10-20(16)25-21(26)15-28-23(25)18-11-13-19(14-12-18)24-22(27)17-8-3-4-9-17/h5-7,10-14,17,23H,2-4,8-9,15H2,1H3,(H,24,27)/t23-/m0/s1. The van der Waals surface area contributed by atoms with Crippen LogP contribution in [-0.2, 0) is 16.0 Å². The Labute approximate surface area is 170 Å². The van der Waals surface area contributed by atoms with Crippen LogP contribution >= 0.6 is 11.8 Å². The minimum absolute atomic E-state index is 0.0280. The van der Waals surface area contributed by atoms with Gasteiger partial charge in [-0.25, -0.2) is 0 Å². The lowest BCUT2D eigenvalue weighted by Gasteiger charge is -2.26. The van der Waals surface area contributed by atoms with Gasteiger partial charge in [0.05, 0.1) is 5.75 Å². The van der Waals surface area contributed by atoms with Gasteiger partial charge >= 0.3 is 0 Å². The van der Waals surface area contributed by atoms with Gasteiger partial charge in [-0.2, -0.15) is 0 Å². The topological polar surface area (TPSA) is 49.4 Å². The van der Waals surface area contributed by atoms with Gasteiger partial charge in [-0.3, -0.25) is 14.5 Å². The first-order valence-corrected chi connectivity index (χ1v) is 11.1. The molecule has 4 rings (SSSR count). The maximum Gasteiger partial charge on any atom is 0.238 e. The highest BCUT2D eigenvalue weighted by Crippen LogP contribution is 2.43. The average molecular weight is 395 g/mol. The molecule has 4 nitrogen and oxygen atoms in total. The monoisotopic (exact) mass is 394 g/mol. The summed E-state index contributed by atoms with van der Waals surface area (Å²) < 4.78 is 0. The Kier molecular flexibility index (Phi) is 5.72. The number of nitrogens with zero attached hydrogens (tertiary/aromatic N) is 1. The second kappa shape index (κ2) is 8.39. The number of carbonyl (C=O) groups is 2. The molecule has 2 aromatic carbocycles. The summed E-state index contributed by atoms with van der Waals surface area (Å²) in [5.41, 5.74) is 4.10. The summed E-state index contributed by atoms with van der Waals surface area (Å²) in [7, 11) is 0. The minimum Gasteiger partial charge on any atom is -0.326 e. The zero-order valence-corrected chi connectivity index (χ0v) is 17.0. The number of para-hydroxylation sites is 1. The van der Waals surface area contributed by atoms with E-state index >= 15 is 0 Å². The largest absolute Gasteiger partial charge is 0.326 e. The van der Waals surface area contributed by atoms with Gasteiger partial charge in [0.25, 0.3) is 0 Å². The van der Waals surface area contributed by atoms with E-state index in [9.17, 15) is 9.59 Å². The molecule has 1 atom stereocenters. The highest BCUT2D eigenvalue weighted by molar-refractivity contribution is 8.00. The summed E-state index contributed by atoms with van der Waals surface area (Å²) in [4.78, 5) is 26.9. The fourth-order valence-corrected chi connectivity index (χ4v) is 5.31. The second-order valence-corrected chi connectivity index (χ2v) is 8.57. The van der Waals surface area contributed by atoms with Crippen molar-refractivity contribution in [3.05, 3.63) is 59.7 Å². The van der Waals surface area contributed by atoms with Crippen molar-refractivity contribution in [2.75, 3.05) is 16.0 Å². The van der Waals surface area contributed by atoms with E-state index in [0.29, 0.717) is 5.75 Å². The molecule has 146 valence electrons. The molecular weight excluding hydrogens is 368 g/mol. The predicted molar refractivity (Wildman–Crippen MR) is 116 cm³/mol. The molecule has 2 amide bonds. The molecule has 0 aromatic heterocycles. The van der Waals surface area contributed by atoms with Crippen LogP contribution in [0.5, 0.6) is 0 Å². The molecule has 1 heterocycles. The van der Waals surface area contributed by atoms with Gasteiger partial charge in [-0.05, 0) is 48.6 Å². The number of nitrogens with one attached hydrogen (secondary N) is 1. The third kappa shape index (κ3) is 3.81. The van der Waals surface area contributed by atoms with E-state index in [-0.39, 0.29) is 23.1 Å². The molecular formula is C23H26N2O2S. The quantitative estimate of drug-likeness (QED) is 0.762. The number of rotatable bonds is 5. The van der Waals surface area contributed by atoms with Crippen LogP contribution in [0.1, 0.15) is 49.1 Å². The highest BCUT2D eigenvalue weighted by Gasteiger charge is 2.35. The molecule has 5 heteroatoms. The Hall–Kier alpha value is -2.27. The molecule has 28 heavy (non-hydrogen) atoms. The summed E-state index contributed by atoms with van der Waals surface area (Å²) >= 11 is 1.65. The first-order chi connectivity index (χ1) is 13.7. The van der Waals surface area contributed by atoms with Gasteiger partial charge < -0.3 is 5.32 Å². The van der Waals surface area contributed by atoms with Crippen molar-refractivity contribution >= 4 is 35.0 Å². The van der Waals surface area contributed by atoms with Crippen molar-refractivity contribution in [1.29, 1.82) is 0 Å². The van der Waals surface area contributed by atoms with E-state index in [2.05, 4.69) is 18.3 Å². The molecule has 1 N–H and O–H groups in total. The van der Waals surface area contributed by atoms with Crippen LogP contribution in [0.4, 0.5) is 11.4 Å². The molecule has 0 spiro atoms. The van der Waals surface area contributed by atoms with Gasteiger partial charge in [0.15, 0.2) is 0 Å². The first-order valence-electron chi connectivity index (χ1n) is 10.1. The summed E-state index contributed by atoms with van der Waals surface area (Å²) in [5.74, 6) is 0.926. The Morgan fingerprint density at radius 2 is 1.82 bits per heavy atom. The number of hydrogen-bond acceptors (Lipinski definition) is 3. The number of anilines is 2. The predicted octanol–water partition coefficient (Wildman–Crippen LogP) is 5.16. The van der Waals surface area contributed by atoms with Crippen LogP contribution < -0.4 is 10.2 Å². The summed E-state index contributed by atoms with van der Waals surface area (Å²) in [5, 5.41) is 3.02. The number of benzene rings is 2. The Morgan fingerprint density at radius 1 is 1.11 bits per heavy atom. The Balaban J connectivity index is 1.52. The molecule has 2 aromatic rings. The van der Waals surface area contributed by atoms with E-state index in [4.69, 9.17) is 0 Å².